The van der Waals surface area contributed by atoms with Crippen LogP contribution in [-0.2, 0) is 11.8 Å². The first-order valence-corrected chi connectivity index (χ1v) is 7.55. The third kappa shape index (κ3) is 2.65. The molecule has 118 valence electrons. The average Bonchev–Trinajstić information content (AvgIpc) is 3.11. The fourth-order valence-electron chi connectivity index (χ4n) is 2.62. The van der Waals surface area contributed by atoms with E-state index in [1.165, 1.54) is 0 Å². The molecule has 3 aromatic rings. The minimum atomic E-state index is -0.222. The van der Waals surface area contributed by atoms with Gasteiger partial charge in [0.1, 0.15) is 5.70 Å². The number of rotatable bonds is 2. The van der Waals surface area contributed by atoms with Crippen LogP contribution in [0.25, 0.3) is 17.0 Å². The van der Waals surface area contributed by atoms with Crippen LogP contribution in [-0.4, -0.2) is 21.6 Å². The first kappa shape index (κ1) is 14.2. The Morgan fingerprint density at radius 1 is 1.17 bits per heavy atom. The molecule has 1 aliphatic heterocycles. The number of amides is 1. The molecule has 2 aromatic carbocycles. The first-order chi connectivity index (χ1) is 11.7. The van der Waals surface area contributed by atoms with E-state index < -0.39 is 0 Å². The molecular formula is C18H15N5O. The van der Waals surface area contributed by atoms with Gasteiger partial charge in [0.25, 0.3) is 5.91 Å². The van der Waals surface area contributed by atoms with Crippen molar-refractivity contribution in [2.75, 3.05) is 5.32 Å². The second-order valence-electron chi connectivity index (χ2n) is 5.52. The second kappa shape index (κ2) is 5.66. The Labute approximate surface area is 138 Å². The van der Waals surface area contributed by atoms with E-state index >= 15 is 0 Å². The number of aryl methyl sites for hydroxylation is 1. The number of aliphatic imine (C=N–C) groups is 1. The monoisotopic (exact) mass is 317 g/mol. The topological polar surface area (TPSA) is 71.3 Å². The largest absolute Gasteiger partial charge is 0.326 e. The van der Waals surface area contributed by atoms with Gasteiger partial charge in [0.15, 0.2) is 0 Å². The molecule has 0 radical (unpaired) electrons. The maximum Gasteiger partial charge on any atom is 0.276 e. The Morgan fingerprint density at radius 2 is 2.00 bits per heavy atom. The van der Waals surface area contributed by atoms with Crippen molar-refractivity contribution in [1.29, 1.82) is 0 Å². The van der Waals surface area contributed by atoms with Gasteiger partial charge in [-0.05, 0) is 35.9 Å². The number of guanidine groups is 1. The zero-order valence-corrected chi connectivity index (χ0v) is 13.0. The minimum absolute atomic E-state index is 0.222. The van der Waals surface area contributed by atoms with Crippen molar-refractivity contribution in [2.45, 2.75) is 0 Å². The molecule has 24 heavy (non-hydrogen) atoms. The van der Waals surface area contributed by atoms with Crippen LogP contribution in [0.1, 0.15) is 5.56 Å². The Morgan fingerprint density at radius 3 is 2.83 bits per heavy atom. The fourth-order valence-corrected chi connectivity index (χ4v) is 2.62. The number of hydrogen-bond donors (Lipinski definition) is 2. The molecule has 1 amide bonds. The summed E-state index contributed by atoms with van der Waals surface area (Å²) >= 11 is 0. The van der Waals surface area contributed by atoms with Gasteiger partial charge in [0.05, 0.1) is 11.7 Å². The van der Waals surface area contributed by atoms with Gasteiger partial charge >= 0.3 is 0 Å². The summed E-state index contributed by atoms with van der Waals surface area (Å²) in [5, 5.41) is 11.1. The first-order valence-electron chi connectivity index (χ1n) is 7.55. The van der Waals surface area contributed by atoms with Crippen molar-refractivity contribution in [2.24, 2.45) is 12.0 Å². The SMILES string of the molecule is Cn1ncc2cc(/C=C3\N=C(Nc4ccccc4)NC3=O)ccc21. The molecule has 0 saturated heterocycles. The van der Waals surface area contributed by atoms with E-state index in [1.54, 1.807) is 12.3 Å². The fraction of sp³-hybridized carbons (Fsp3) is 0.0556. The van der Waals surface area contributed by atoms with Crippen molar-refractivity contribution in [3.8, 4) is 0 Å². The third-order valence-corrected chi connectivity index (χ3v) is 3.81. The second-order valence-corrected chi connectivity index (χ2v) is 5.52. The molecule has 0 bridgehead atoms. The molecule has 0 spiro atoms. The molecule has 1 aromatic heterocycles. The van der Waals surface area contributed by atoms with Gasteiger partial charge in [-0.15, -0.1) is 0 Å². The van der Waals surface area contributed by atoms with E-state index in [-0.39, 0.29) is 5.91 Å². The van der Waals surface area contributed by atoms with Crippen LogP contribution in [0.15, 0.2) is 65.4 Å². The van der Waals surface area contributed by atoms with Gasteiger partial charge in [-0.2, -0.15) is 5.10 Å². The van der Waals surface area contributed by atoms with E-state index in [2.05, 4.69) is 20.7 Å². The van der Waals surface area contributed by atoms with E-state index in [9.17, 15) is 4.79 Å². The lowest BCUT2D eigenvalue weighted by molar-refractivity contribution is -0.115. The molecule has 4 rings (SSSR count). The van der Waals surface area contributed by atoms with Crippen LogP contribution >= 0.6 is 0 Å². The molecule has 0 atom stereocenters. The number of aromatic nitrogens is 2. The van der Waals surface area contributed by atoms with E-state index in [4.69, 9.17) is 0 Å². The standard InChI is InChI=1S/C18H15N5O/c1-23-16-8-7-12(9-13(16)11-19-23)10-15-17(24)22-18(21-15)20-14-5-3-2-4-6-14/h2-11H,1H3,(H2,20,21,22,24)/b15-10-. The number of benzene rings is 2. The summed E-state index contributed by atoms with van der Waals surface area (Å²) in [6.45, 7) is 0. The van der Waals surface area contributed by atoms with Crippen LogP contribution in [0, 0.1) is 0 Å². The lowest BCUT2D eigenvalue weighted by Crippen LogP contribution is -2.29. The molecule has 0 aliphatic carbocycles. The lowest BCUT2D eigenvalue weighted by atomic mass is 10.1. The number of anilines is 1. The van der Waals surface area contributed by atoms with Crippen molar-refractivity contribution < 1.29 is 4.79 Å². The van der Waals surface area contributed by atoms with Crippen LogP contribution < -0.4 is 10.6 Å². The van der Waals surface area contributed by atoms with Crippen LogP contribution in [0.5, 0.6) is 0 Å². The summed E-state index contributed by atoms with van der Waals surface area (Å²) in [6, 6.07) is 15.5. The van der Waals surface area contributed by atoms with Crippen molar-refractivity contribution in [3.63, 3.8) is 0 Å². The summed E-state index contributed by atoms with van der Waals surface area (Å²) in [4.78, 5) is 16.4. The number of para-hydroxylation sites is 1. The van der Waals surface area contributed by atoms with Gasteiger partial charge in [-0.25, -0.2) is 4.99 Å². The number of hydrogen-bond acceptors (Lipinski definition) is 4. The van der Waals surface area contributed by atoms with Gasteiger partial charge in [-0.3, -0.25) is 14.8 Å². The molecule has 2 N–H and O–H groups in total. The molecule has 0 unspecified atom stereocenters. The van der Waals surface area contributed by atoms with Crippen molar-refractivity contribution >= 4 is 34.5 Å². The van der Waals surface area contributed by atoms with Crippen molar-refractivity contribution in [1.82, 2.24) is 15.1 Å². The molecule has 6 nitrogen and oxygen atoms in total. The van der Waals surface area contributed by atoms with Crippen LogP contribution in [0.4, 0.5) is 5.69 Å². The quantitative estimate of drug-likeness (QED) is 0.713. The normalized spacial score (nSPS) is 15.6. The Bertz CT molecular complexity index is 985. The third-order valence-electron chi connectivity index (χ3n) is 3.81. The molecular weight excluding hydrogens is 302 g/mol. The predicted molar refractivity (Wildman–Crippen MR) is 94.3 cm³/mol. The number of nitrogens with one attached hydrogen (secondary N) is 2. The highest BCUT2D eigenvalue weighted by Gasteiger charge is 2.20. The summed E-state index contributed by atoms with van der Waals surface area (Å²) in [6.07, 6.45) is 3.57. The Balaban J connectivity index is 1.61. The zero-order valence-electron chi connectivity index (χ0n) is 13.0. The summed E-state index contributed by atoms with van der Waals surface area (Å²) < 4.78 is 1.81. The Kier molecular flexibility index (Phi) is 3.35. The maximum atomic E-state index is 12.1. The number of carbonyl (C=O) groups excluding carboxylic acids is 1. The lowest BCUT2D eigenvalue weighted by Gasteiger charge is -2.03. The molecule has 2 heterocycles. The average molecular weight is 317 g/mol. The van der Waals surface area contributed by atoms with Gasteiger partial charge in [0.2, 0.25) is 5.96 Å². The molecule has 1 aliphatic rings. The van der Waals surface area contributed by atoms with Crippen LogP contribution in [0.2, 0.25) is 0 Å². The van der Waals surface area contributed by atoms with E-state index in [0.717, 1.165) is 22.2 Å². The smallest absolute Gasteiger partial charge is 0.276 e. The number of nitrogens with zero attached hydrogens (tertiary/aromatic N) is 3. The highest BCUT2D eigenvalue weighted by molar-refractivity contribution is 6.17. The van der Waals surface area contributed by atoms with Crippen LogP contribution in [0.3, 0.4) is 0 Å². The maximum absolute atomic E-state index is 12.1. The molecule has 0 saturated carbocycles. The summed E-state index contributed by atoms with van der Waals surface area (Å²) in [5.41, 5.74) is 3.19. The number of carbonyl (C=O) groups is 1. The zero-order chi connectivity index (χ0) is 16.5. The Hall–Kier alpha value is -3.41. The highest BCUT2D eigenvalue weighted by atomic mass is 16.2. The van der Waals surface area contributed by atoms with Gasteiger partial charge in [-0.1, -0.05) is 24.3 Å². The summed E-state index contributed by atoms with van der Waals surface area (Å²) in [7, 11) is 1.90. The van der Waals surface area contributed by atoms with E-state index in [0.29, 0.717) is 11.7 Å². The summed E-state index contributed by atoms with van der Waals surface area (Å²) in [5.74, 6) is 0.208. The minimum Gasteiger partial charge on any atom is -0.326 e. The predicted octanol–water partition coefficient (Wildman–Crippen LogP) is 2.51. The molecule has 6 heteroatoms. The number of fused-ring (bicyclic) bond motifs is 1. The van der Waals surface area contributed by atoms with Gasteiger partial charge in [0, 0.05) is 18.1 Å². The van der Waals surface area contributed by atoms with Crippen molar-refractivity contribution in [3.05, 3.63) is 66.0 Å². The highest BCUT2D eigenvalue weighted by Crippen LogP contribution is 2.19. The molecule has 0 fully saturated rings. The van der Waals surface area contributed by atoms with E-state index in [1.807, 2.05) is 60.3 Å². The van der Waals surface area contributed by atoms with Gasteiger partial charge < -0.3 is 5.32 Å².